The topological polar surface area (TPSA) is 29.5 Å². The van der Waals surface area contributed by atoms with Gasteiger partial charge in [0, 0.05) is 0 Å². The standard InChI is InChI=1S/C25H26O2/c1-17-23(19-8-11-21(26)12-9-19)15-20-10-13-22(27-2)16-25(20)24(17)14-18-6-4-3-5-7-18/h3-13,16-17,23-24,26H,14-15H2,1-2H3. The Kier molecular flexibility index (Phi) is 4.89. The highest BCUT2D eigenvalue weighted by Crippen LogP contribution is 2.46. The average molecular weight is 358 g/mol. The number of aromatic hydroxyl groups is 1. The third kappa shape index (κ3) is 3.57. The number of hydrogen-bond donors (Lipinski definition) is 1. The van der Waals surface area contributed by atoms with Crippen LogP contribution in [0.3, 0.4) is 0 Å². The summed E-state index contributed by atoms with van der Waals surface area (Å²) in [5.74, 6) is 2.63. The quantitative estimate of drug-likeness (QED) is 0.648. The molecule has 3 aromatic carbocycles. The fraction of sp³-hybridized carbons (Fsp3) is 0.280. The molecule has 1 N–H and O–H groups in total. The minimum Gasteiger partial charge on any atom is -0.508 e. The first-order chi connectivity index (χ1) is 13.2. The summed E-state index contributed by atoms with van der Waals surface area (Å²) < 4.78 is 5.51. The number of hydrogen-bond acceptors (Lipinski definition) is 2. The lowest BCUT2D eigenvalue weighted by Crippen LogP contribution is -2.28. The van der Waals surface area contributed by atoms with E-state index in [-0.39, 0.29) is 0 Å². The van der Waals surface area contributed by atoms with E-state index in [2.05, 4.69) is 67.6 Å². The van der Waals surface area contributed by atoms with Crippen molar-refractivity contribution < 1.29 is 9.84 Å². The molecule has 0 amide bonds. The van der Waals surface area contributed by atoms with Crippen LogP contribution in [0.25, 0.3) is 0 Å². The van der Waals surface area contributed by atoms with Gasteiger partial charge in [-0.05, 0) is 77.1 Å². The smallest absolute Gasteiger partial charge is 0.119 e. The zero-order chi connectivity index (χ0) is 18.8. The maximum Gasteiger partial charge on any atom is 0.119 e. The lowest BCUT2D eigenvalue weighted by Gasteiger charge is -2.38. The molecule has 0 radical (unpaired) electrons. The predicted molar refractivity (Wildman–Crippen MR) is 110 cm³/mol. The van der Waals surface area contributed by atoms with Crippen LogP contribution in [0, 0.1) is 5.92 Å². The number of phenols is 1. The molecule has 0 heterocycles. The first kappa shape index (κ1) is 17.7. The van der Waals surface area contributed by atoms with Gasteiger partial charge in [-0.15, -0.1) is 0 Å². The Morgan fingerprint density at radius 2 is 1.70 bits per heavy atom. The Bertz CT molecular complexity index is 899. The number of rotatable bonds is 4. The molecule has 2 nitrogen and oxygen atoms in total. The van der Waals surface area contributed by atoms with Crippen LogP contribution < -0.4 is 4.74 Å². The van der Waals surface area contributed by atoms with E-state index in [1.165, 1.54) is 22.3 Å². The molecule has 3 aromatic rings. The van der Waals surface area contributed by atoms with Crippen molar-refractivity contribution in [2.24, 2.45) is 5.92 Å². The zero-order valence-electron chi connectivity index (χ0n) is 15.9. The molecule has 0 aliphatic heterocycles. The highest BCUT2D eigenvalue weighted by atomic mass is 16.5. The number of ether oxygens (including phenoxy) is 1. The van der Waals surface area contributed by atoms with Crippen LogP contribution in [0.4, 0.5) is 0 Å². The molecule has 0 aromatic heterocycles. The molecule has 27 heavy (non-hydrogen) atoms. The highest BCUT2D eigenvalue weighted by Gasteiger charge is 2.35. The molecule has 4 rings (SSSR count). The van der Waals surface area contributed by atoms with E-state index < -0.39 is 0 Å². The molecule has 1 aliphatic rings. The lowest BCUT2D eigenvalue weighted by molar-refractivity contribution is 0.345. The van der Waals surface area contributed by atoms with Crippen LogP contribution in [0.5, 0.6) is 11.5 Å². The van der Waals surface area contributed by atoms with Crippen molar-refractivity contribution in [2.75, 3.05) is 7.11 Å². The van der Waals surface area contributed by atoms with Gasteiger partial charge in [-0.1, -0.05) is 55.5 Å². The van der Waals surface area contributed by atoms with Gasteiger partial charge in [0.1, 0.15) is 11.5 Å². The van der Waals surface area contributed by atoms with Crippen LogP contribution in [0.1, 0.15) is 41.0 Å². The van der Waals surface area contributed by atoms with Gasteiger partial charge in [0.15, 0.2) is 0 Å². The molecule has 3 unspecified atom stereocenters. The Labute approximate surface area is 161 Å². The van der Waals surface area contributed by atoms with Gasteiger partial charge in [0.05, 0.1) is 7.11 Å². The van der Waals surface area contributed by atoms with E-state index in [4.69, 9.17) is 4.74 Å². The largest absolute Gasteiger partial charge is 0.508 e. The van der Waals surface area contributed by atoms with E-state index in [9.17, 15) is 5.11 Å². The monoisotopic (exact) mass is 358 g/mol. The van der Waals surface area contributed by atoms with Crippen molar-refractivity contribution in [3.05, 3.63) is 95.1 Å². The molecule has 138 valence electrons. The van der Waals surface area contributed by atoms with Crippen LogP contribution in [-0.4, -0.2) is 12.2 Å². The SMILES string of the molecule is COc1ccc2c(c1)C(Cc1ccccc1)C(C)C(c1ccc(O)cc1)C2. The summed E-state index contributed by atoms with van der Waals surface area (Å²) in [6, 6.07) is 25.0. The Morgan fingerprint density at radius 1 is 0.963 bits per heavy atom. The van der Waals surface area contributed by atoms with Crippen molar-refractivity contribution in [3.8, 4) is 11.5 Å². The summed E-state index contributed by atoms with van der Waals surface area (Å²) in [7, 11) is 1.74. The van der Waals surface area contributed by atoms with Crippen molar-refractivity contribution in [3.63, 3.8) is 0 Å². The van der Waals surface area contributed by atoms with E-state index in [1.54, 1.807) is 19.2 Å². The molecule has 2 heteroatoms. The Hall–Kier alpha value is -2.74. The second kappa shape index (κ2) is 7.48. The van der Waals surface area contributed by atoms with Gasteiger partial charge >= 0.3 is 0 Å². The summed E-state index contributed by atoms with van der Waals surface area (Å²) in [6.07, 6.45) is 2.05. The van der Waals surface area contributed by atoms with Gasteiger partial charge in [-0.2, -0.15) is 0 Å². The van der Waals surface area contributed by atoms with E-state index in [1.807, 2.05) is 0 Å². The molecule has 0 bridgehead atoms. The Morgan fingerprint density at radius 3 is 2.41 bits per heavy atom. The van der Waals surface area contributed by atoms with Gasteiger partial charge in [-0.3, -0.25) is 0 Å². The molecule has 0 saturated carbocycles. The fourth-order valence-electron chi connectivity index (χ4n) is 4.52. The molecule has 0 spiro atoms. The number of phenolic OH excluding ortho intramolecular Hbond substituents is 1. The first-order valence-electron chi connectivity index (χ1n) is 9.65. The van der Waals surface area contributed by atoms with Crippen molar-refractivity contribution in [1.29, 1.82) is 0 Å². The minimum atomic E-state index is 0.327. The summed E-state index contributed by atoms with van der Waals surface area (Å²) in [4.78, 5) is 0. The van der Waals surface area contributed by atoms with E-state index in [0.717, 1.165) is 18.6 Å². The summed E-state index contributed by atoms with van der Waals surface area (Å²) in [6.45, 7) is 2.37. The van der Waals surface area contributed by atoms with Crippen molar-refractivity contribution in [1.82, 2.24) is 0 Å². The second-order valence-corrected chi connectivity index (χ2v) is 7.62. The summed E-state index contributed by atoms with van der Waals surface area (Å²) in [5, 5.41) is 9.67. The number of methoxy groups -OCH3 is 1. The van der Waals surface area contributed by atoms with E-state index in [0.29, 0.717) is 23.5 Å². The van der Waals surface area contributed by atoms with Crippen LogP contribution in [0.2, 0.25) is 0 Å². The zero-order valence-corrected chi connectivity index (χ0v) is 15.9. The Balaban J connectivity index is 1.75. The third-order valence-electron chi connectivity index (χ3n) is 6.08. The van der Waals surface area contributed by atoms with Gasteiger partial charge in [-0.25, -0.2) is 0 Å². The van der Waals surface area contributed by atoms with E-state index >= 15 is 0 Å². The first-order valence-corrected chi connectivity index (χ1v) is 9.65. The van der Waals surface area contributed by atoms with Gasteiger partial charge in [0.2, 0.25) is 0 Å². The normalized spacial score (nSPS) is 21.5. The van der Waals surface area contributed by atoms with Gasteiger partial charge < -0.3 is 9.84 Å². The average Bonchev–Trinajstić information content (AvgIpc) is 2.71. The third-order valence-corrected chi connectivity index (χ3v) is 6.08. The van der Waals surface area contributed by atoms with Crippen molar-refractivity contribution >= 4 is 0 Å². The highest BCUT2D eigenvalue weighted by molar-refractivity contribution is 5.44. The molecule has 1 aliphatic carbocycles. The van der Waals surface area contributed by atoms with Crippen LogP contribution in [0.15, 0.2) is 72.8 Å². The van der Waals surface area contributed by atoms with Gasteiger partial charge in [0.25, 0.3) is 0 Å². The predicted octanol–water partition coefficient (Wildman–Crippen LogP) is 5.70. The number of fused-ring (bicyclic) bond motifs is 1. The summed E-state index contributed by atoms with van der Waals surface area (Å²) in [5.41, 5.74) is 5.50. The number of benzene rings is 3. The maximum atomic E-state index is 9.67. The fourth-order valence-corrected chi connectivity index (χ4v) is 4.52. The molecular weight excluding hydrogens is 332 g/mol. The maximum absolute atomic E-state index is 9.67. The molecule has 3 atom stereocenters. The molecule has 0 fully saturated rings. The second-order valence-electron chi connectivity index (χ2n) is 7.62. The molecular formula is C25H26O2. The summed E-state index contributed by atoms with van der Waals surface area (Å²) >= 11 is 0. The lowest BCUT2D eigenvalue weighted by atomic mass is 9.66. The van der Waals surface area contributed by atoms with Crippen LogP contribution >= 0.6 is 0 Å². The minimum absolute atomic E-state index is 0.327. The van der Waals surface area contributed by atoms with Crippen molar-refractivity contribution in [2.45, 2.75) is 31.6 Å². The molecule has 0 saturated heterocycles. The van der Waals surface area contributed by atoms with Crippen LogP contribution in [-0.2, 0) is 12.8 Å².